The molecule has 0 aliphatic carbocycles. The van der Waals surface area contributed by atoms with Crippen molar-refractivity contribution in [3.8, 4) is 0 Å². The van der Waals surface area contributed by atoms with Crippen molar-refractivity contribution in [3.05, 3.63) is 0 Å². The van der Waals surface area contributed by atoms with Gasteiger partial charge in [0.25, 0.3) is 0 Å². The minimum Gasteiger partial charge on any atom is -0.374 e. The number of rotatable bonds is 8. The lowest BCUT2D eigenvalue weighted by Crippen LogP contribution is -2.46. The smallest absolute Gasteiger partial charge is 0.224 e. The summed E-state index contributed by atoms with van der Waals surface area (Å²) in [5.74, 6) is 1.68. The van der Waals surface area contributed by atoms with Crippen LogP contribution in [0.2, 0.25) is 0 Å². The Morgan fingerprint density at radius 3 is 2.63 bits per heavy atom. The Balaban J connectivity index is 0.00000364. The van der Waals surface area contributed by atoms with Gasteiger partial charge in [-0.1, -0.05) is 13.8 Å². The summed E-state index contributed by atoms with van der Waals surface area (Å²) in [5.41, 5.74) is 0. The first-order valence-electron chi connectivity index (χ1n) is 10.2. The van der Waals surface area contributed by atoms with E-state index in [0.29, 0.717) is 25.4 Å². The largest absolute Gasteiger partial charge is 0.374 e. The summed E-state index contributed by atoms with van der Waals surface area (Å²) in [6.07, 6.45) is 2.94. The van der Waals surface area contributed by atoms with E-state index in [9.17, 15) is 4.79 Å². The summed E-state index contributed by atoms with van der Waals surface area (Å²) in [6.45, 7) is 14.3. The van der Waals surface area contributed by atoms with Crippen LogP contribution in [0, 0.1) is 5.92 Å². The fraction of sp³-hybridized carbons (Fsp3) is 0.895. The highest BCUT2D eigenvalue weighted by atomic mass is 127. The summed E-state index contributed by atoms with van der Waals surface area (Å²) in [7, 11) is 0. The molecular weight excluding hydrogens is 457 g/mol. The van der Waals surface area contributed by atoms with E-state index in [0.717, 1.165) is 64.7 Å². The third-order valence-electron chi connectivity index (χ3n) is 4.73. The Hall–Kier alpha value is -0.610. The molecule has 0 bridgehead atoms. The molecule has 2 aliphatic heterocycles. The number of aliphatic imine (C=N–C) groups is 1. The normalized spacial score (nSPS) is 21.3. The fourth-order valence-electron chi connectivity index (χ4n) is 3.52. The van der Waals surface area contributed by atoms with Gasteiger partial charge in [0.1, 0.15) is 0 Å². The van der Waals surface area contributed by atoms with Crippen LogP contribution in [-0.4, -0.2) is 86.7 Å². The number of amides is 1. The zero-order chi connectivity index (χ0) is 18.8. The molecule has 2 heterocycles. The van der Waals surface area contributed by atoms with E-state index in [-0.39, 0.29) is 36.0 Å². The van der Waals surface area contributed by atoms with Crippen molar-refractivity contribution in [3.63, 3.8) is 0 Å². The molecule has 0 radical (unpaired) electrons. The highest BCUT2D eigenvalue weighted by molar-refractivity contribution is 14.0. The number of carbonyl (C=O) groups excluding carboxylic acids is 1. The molecule has 8 heteroatoms. The molecule has 2 fully saturated rings. The summed E-state index contributed by atoms with van der Waals surface area (Å²) >= 11 is 0. The second-order valence-electron chi connectivity index (χ2n) is 7.63. The molecule has 2 aliphatic rings. The van der Waals surface area contributed by atoms with Crippen molar-refractivity contribution in [1.82, 2.24) is 20.4 Å². The van der Waals surface area contributed by atoms with Crippen LogP contribution in [0.4, 0.5) is 0 Å². The number of morpholine rings is 1. The predicted molar refractivity (Wildman–Crippen MR) is 121 cm³/mol. The number of likely N-dealkylation sites (tertiary alicyclic amines) is 1. The van der Waals surface area contributed by atoms with E-state index in [2.05, 4.69) is 34.4 Å². The van der Waals surface area contributed by atoms with Gasteiger partial charge >= 0.3 is 0 Å². The predicted octanol–water partition coefficient (Wildman–Crippen LogP) is 1.53. The van der Waals surface area contributed by atoms with E-state index in [1.165, 1.54) is 0 Å². The lowest BCUT2D eigenvalue weighted by atomic mass is 10.2. The van der Waals surface area contributed by atoms with Gasteiger partial charge in [-0.2, -0.15) is 0 Å². The van der Waals surface area contributed by atoms with Crippen molar-refractivity contribution in [2.45, 2.75) is 46.1 Å². The van der Waals surface area contributed by atoms with Crippen LogP contribution in [0.15, 0.2) is 4.99 Å². The maximum Gasteiger partial charge on any atom is 0.224 e. The third-order valence-corrected chi connectivity index (χ3v) is 4.73. The summed E-state index contributed by atoms with van der Waals surface area (Å²) in [4.78, 5) is 21.2. The molecule has 0 aromatic carbocycles. The van der Waals surface area contributed by atoms with Gasteiger partial charge in [-0.15, -0.1) is 24.0 Å². The molecule has 0 aromatic rings. The lowest BCUT2D eigenvalue weighted by Gasteiger charge is -2.33. The van der Waals surface area contributed by atoms with Gasteiger partial charge in [0.15, 0.2) is 5.96 Å². The number of nitrogens with zero attached hydrogens (tertiary/aromatic N) is 3. The van der Waals surface area contributed by atoms with Gasteiger partial charge in [0, 0.05) is 52.2 Å². The molecule has 158 valence electrons. The van der Waals surface area contributed by atoms with Crippen molar-refractivity contribution >= 4 is 35.8 Å². The summed E-state index contributed by atoms with van der Waals surface area (Å²) < 4.78 is 5.86. The molecule has 2 N–H and O–H groups in total. The number of hydrogen-bond donors (Lipinski definition) is 2. The van der Waals surface area contributed by atoms with E-state index in [1.807, 2.05) is 11.8 Å². The molecule has 7 nitrogen and oxygen atoms in total. The molecule has 1 unspecified atom stereocenters. The van der Waals surface area contributed by atoms with Crippen molar-refractivity contribution < 1.29 is 9.53 Å². The molecule has 0 saturated carbocycles. The Morgan fingerprint density at radius 1 is 1.22 bits per heavy atom. The number of nitrogens with one attached hydrogen (secondary N) is 2. The quantitative estimate of drug-likeness (QED) is 0.304. The number of guanidine groups is 1. The van der Waals surface area contributed by atoms with Gasteiger partial charge in [-0.3, -0.25) is 14.7 Å². The second-order valence-corrected chi connectivity index (χ2v) is 7.63. The first-order valence-corrected chi connectivity index (χ1v) is 10.2. The van der Waals surface area contributed by atoms with Crippen LogP contribution in [-0.2, 0) is 9.53 Å². The van der Waals surface area contributed by atoms with Crippen LogP contribution in [0.25, 0.3) is 0 Å². The number of ether oxygens (including phenoxy) is 1. The van der Waals surface area contributed by atoms with E-state index < -0.39 is 0 Å². The average Bonchev–Trinajstić information content (AvgIpc) is 3.14. The van der Waals surface area contributed by atoms with Gasteiger partial charge in [0.05, 0.1) is 19.3 Å². The van der Waals surface area contributed by atoms with Crippen LogP contribution >= 0.6 is 24.0 Å². The molecule has 2 saturated heterocycles. The number of hydrogen-bond acceptors (Lipinski definition) is 4. The SMILES string of the molecule is CCNC(=NCC1CN(CC(C)C)CCO1)NCCC(=O)N1CCCC1.I. The highest BCUT2D eigenvalue weighted by Crippen LogP contribution is 2.09. The first kappa shape index (κ1) is 24.4. The third kappa shape index (κ3) is 9.43. The van der Waals surface area contributed by atoms with Crippen molar-refractivity contribution in [2.75, 3.05) is 59.0 Å². The molecule has 2 rings (SSSR count). The van der Waals surface area contributed by atoms with E-state index >= 15 is 0 Å². The van der Waals surface area contributed by atoms with E-state index in [1.54, 1.807) is 0 Å². The Kier molecular flexibility index (Phi) is 12.3. The van der Waals surface area contributed by atoms with Crippen LogP contribution in [0.1, 0.15) is 40.0 Å². The maximum atomic E-state index is 12.1. The summed E-state index contributed by atoms with van der Waals surface area (Å²) in [6, 6.07) is 0. The Labute approximate surface area is 181 Å². The maximum absolute atomic E-state index is 12.1. The van der Waals surface area contributed by atoms with Crippen molar-refractivity contribution in [2.24, 2.45) is 10.9 Å². The van der Waals surface area contributed by atoms with Gasteiger partial charge < -0.3 is 20.3 Å². The van der Waals surface area contributed by atoms with Crippen LogP contribution in [0.5, 0.6) is 0 Å². The van der Waals surface area contributed by atoms with Gasteiger partial charge in [0.2, 0.25) is 5.91 Å². The monoisotopic (exact) mass is 495 g/mol. The van der Waals surface area contributed by atoms with Gasteiger partial charge in [-0.05, 0) is 25.7 Å². The fourth-order valence-corrected chi connectivity index (χ4v) is 3.52. The zero-order valence-corrected chi connectivity index (χ0v) is 19.5. The van der Waals surface area contributed by atoms with Crippen LogP contribution < -0.4 is 10.6 Å². The molecule has 1 atom stereocenters. The Morgan fingerprint density at radius 2 is 1.96 bits per heavy atom. The average molecular weight is 495 g/mol. The number of halogens is 1. The minimum absolute atomic E-state index is 0. The standard InChI is InChI=1S/C19H37N5O2.HI/c1-4-20-19(21-8-7-18(25)24-9-5-6-10-24)22-13-17-15-23(11-12-26-17)14-16(2)3;/h16-17H,4-15H2,1-3H3,(H2,20,21,22);1H. The van der Waals surface area contributed by atoms with Crippen LogP contribution in [0.3, 0.4) is 0 Å². The Bertz CT molecular complexity index is 455. The lowest BCUT2D eigenvalue weighted by molar-refractivity contribution is -0.129. The van der Waals surface area contributed by atoms with Crippen molar-refractivity contribution in [1.29, 1.82) is 0 Å². The molecular formula is C19H38IN5O2. The van der Waals surface area contributed by atoms with E-state index in [4.69, 9.17) is 4.74 Å². The summed E-state index contributed by atoms with van der Waals surface area (Å²) in [5, 5.41) is 6.53. The molecule has 1 amide bonds. The second kappa shape index (κ2) is 13.5. The van der Waals surface area contributed by atoms with Gasteiger partial charge in [-0.25, -0.2) is 0 Å². The molecule has 0 spiro atoms. The number of carbonyl (C=O) groups is 1. The highest BCUT2D eigenvalue weighted by Gasteiger charge is 2.21. The topological polar surface area (TPSA) is 69.2 Å². The molecule has 0 aromatic heterocycles. The minimum atomic E-state index is 0. The zero-order valence-electron chi connectivity index (χ0n) is 17.2. The molecule has 27 heavy (non-hydrogen) atoms. The first-order chi connectivity index (χ1) is 12.6.